The zero-order chi connectivity index (χ0) is 25.3. The molecule has 1 amide bonds. The molecule has 0 aliphatic rings. The fourth-order valence-electron chi connectivity index (χ4n) is 2.94. The summed E-state index contributed by atoms with van der Waals surface area (Å²) in [5.41, 5.74) is 0.590. The highest BCUT2D eigenvalue weighted by atomic mass is 32.2. The predicted octanol–water partition coefficient (Wildman–Crippen LogP) is 0.905. The Morgan fingerprint density at radius 3 is 2.24 bits per heavy atom. The summed E-state index contributed by atoms with van der Waals surface area (Å²) in [6.45, 7) is 1.56. The molecular formula is C20H22N4O7S3. The predicted molar refractivity (Wildman–Crippen MR) is 125 cm³/mol. The lowest BCUT2D eigenvalue weighted by Crippen LogP contribution is -2.23. The minimum Gasteiger partial charge on any atom is -0.465 e. The van der Waals surface area contributed by atoms with Gasteiger partial charge in [-0.2, -0.15) is 4.99 Å². The van der Waals surface area contributed by atoms with Crippen molar-refractivity contribution in [2.45, 2.75) is 23.3 Å². The van der Waals surface area contributed by atoms with Crippen molar-refractivity contribution >= 4 is 53.5 Å². The van der Waals surface area contributed by atoms with Crippen LogP contribution in [0.4, 0.5) is 0 Å². The number of thiazole rings is 1. The molecule has 1 aromatic heterocycles. The molecule has 1 heterocycles. The van der Waals surface area contributed by atoms with Gasteiger partial charge in [-0.3, -0.25) is 9.59 Å². The van der Waals surface area contributed by atoms with E-state index in [4.69, 9.17) is 9.88 Å². The molecular weight excluding hydrogens is 504 g/mol. The van der Waals surface area contributed by atoms with E-state index in [0.29, 0.717) is 10.2 Å². The van der Waals surface area contributed by atoms with E-state index in [1.165, 1.54) is 61.1 Å². The van der Waals surface area contributed by atoms with Crippen LogP contribution in [0.3, 0.4) is 0 Å². The van der Waals surface area contributed by atoms with Crippen molar-refractivity contribution in [3.8, 4) is 0 Å². The van der Waals surface area contributed by atoms with Crippen molar-refractivity contribution in [1.82, 2.24) is 8.87 Å². The smallest absolute Gasteiger partial charge is 0.326 e. The SMILES string of the molecule is CCOC(=O)Cn1c(=NC(=O)c2ccc(S(=O)(=O)N(C)C)cc2)sc2cc(S(N)(=O)=O)ccc21. The number of nitrogens with two attached hydrogens (primary N) is 1. The average molecular weight is 527 g/mol. The molecule has 0 atom stereocenters. The zero-order valence-corrected chi connectivity index (χ0v) is 20.9. The number of amides is 1. The summed E-state index contributed by atoms with van der Waals surface area (Å²) in [5, 5.41) is 5.20. The van der Waals surface area contributed by atoms with E-state index in [-0.39, 0.29) is 33.3 Å². The molecule has 182 valence electrons. The summed E-state index contributed by atoms with van der Waals surface area (Å²) in [4.78, 5) is 29.1. The Balaban J connectivity index is 2.10. The maximum absolute atomic E-state index is 12.8. The first-order valence-electron chi connectivity index (χ1n) is 9.78. The van der Waals surface area contributed by atoms with Crippen molar-refractivity contribution in [2.24, 2.45) is 10.1 Å². The highest BCUT2D eigenvalue weighted by molar-refractivity contribution is 7.89. The second-order valence-electron chi connectivity index (χ2n) is 7.18. The summed E-state index contributed by atoms with van der Waals surface area (Å²) >= 11 is 0.994. The van der Waals surface area contributed by atoms with Gasteiger partial charge in [-0.05, 0) is 49.4 Å². The third-order valence-corrected chi connectivity index (χ3v) is 8.43. The summed E-state index contributed by atoms with van der Waals surface area (Å²) in [6, 6.07) is 9.37. The second-order valence-corrected chi connectivity index (χ2v) is 11.9. The Morgan fingerprint density at radius 2 is 1.68 bits per heavy atom. The van der Waals surface area contributed by atoms with Gasteiger partial charge in [-0.15, -0.1) is 0 Å². The molecule has 2 aromatic carbocycles. The molecule has 0 bridgehead atoms. The van der Waals surface area contributed by atoms with Crippen molar-refractivity contribution in [3.05, 3.63) is 52.8 Å². The van der Waals surface area contributed by atoms with Gasteiger partial charge < -0.3 is 9.30 Å². The molecule has 0 unspecified atom stereocenters. The molecule has 0 aliphatic heterocycles. The molecule has 0 saturated heterocycles. The lowest BCUT2D eigenvalue weighted by molar-refractivity contribution is -0.143. The molecule has 0 aliphatic carbocycles. The number of fused-ring (bicyclic) bond motifs is 1. The van der Waals surface area contributed by atoms with Gasteiger partial charge in [-0.1, -0.05) is 11.3 Å². The lowest BCUT2D eigenvalue weighted by Gasteiger charge is -2.11. The first-order valence-corrected chi connectivity index (χ1v) is 13.6. The molecule has 34 heavy (non-hydrogen) atoms. The van der Waals surface area contributed by atoms with Crippen LogP contribution in [0.2, 0.25) is 0 Å². The Bertz CT molecular complexity index is 1530. The van der Waals surface area contributed by atoms with E-state index < -0.39 is 31.9 Å². The molecule has 0 fully saturated rings. The fourth-order valence-corrected chi connectivity index (χ4v) is 5.52. The van der Waals surface area contributed by atoms with Crippen LogP contribution in [0.1, 0.15) is 17.3 Å². The minimum atomic E-state index is -3.96. The summed E-state index contributed by atoms with van der Waals surface area (Å²) in [6.07, 6.45) is 0. The second kappa shape index (κ2) is 9.76. The normalized spacial score (nSPS) is 12.9. The van der Waals surface area contributed by atoms with Crippen molar-refractivity contribution < 1.29 is 31.2 Å². The van der Waals surface area contributed by atoms with Gasteiger partial charge in [0.2, 0.25) is 20.0 Å². The number of carbonyl (C=O) groups is 2. The average Bonchev–Trinajstić information content (AvgIpc) is 3.09. The maximum Gasteiger partial charge on any atom is 0.326 e. The highest BCUT2D eigenvalue weighted by Crippen LogP contribution is 2.22. The van der Waals surface area contributed by atoms with Crippen LogP contribution in [0, 0.1) is 0 Å². The van der Waals surface area contributed by atoms with E-state index >= 15 is 0 Å². The number of nitrogens with zero attached hydrogens (tertiary/aromatic N) is 3. The molecule has 3 aromatic rings. The molecule has 14 heteroatoms. The van der Waals surface area contributed by atoms with Crippen LogP contribution in [-0.2, 0) is 36.1 Å². The van der Waals surface area contributed by atoms with E-state index in [0.717, 1.165) is 15.6 Å². The molecule has 0 radical (unpaired) electrons. The van der Waals surface area contributed by atoms with Crippen LogP contribution >= 0.6 is 11.3 Å². The number of aromatic nitrogens is 1. The third kappa shape index (κ3) is 5.42. The number of hydrogen-bond acceptors (Lipinski definition) is 8. The summed E-state index contributed by atoms with van der Waals surface area (Å²) in [7, 11) is -4.83. The van der Waals surface area contributed by atoms with Crippen LogP contribution in [0.15, 0.2) is 57.2 Å². The van der Waals surface area contributed by atoms with Gasteiger partial charge in [0.15, 0.2) is 4.80 Å². The third-order valence-electron chi connectivity index (χ3n) is 4.65. The Morgan fingerprint density at radius 1 is 1.06 bits per heavy atom. The number of ether oxygens (including phenoxy) is 1. The summed E-state index contributed by atoms with van der Waals surface area (Å²) < 4.78 is 55.8. The first kappa shape index (κ1) is 25.7. The van der Waals surface area contributed by atoms with Gasteiger partial charge in [-0.25, -0.2) is 26.3 Å². The van der Waals surface area contributed by atoms with Gasteiger partial charge >= 0.3 is 5.97 Å². The molecule has 3 rings (SSSR count). The van der Waals surface area contributed by atoms with E-state index in [1.807, 2.05) is 0 Å². The van der Waals surface area contributed by atoms with Gasteiger partial charge in [0, 0.05) is 19.7 Å². The van der Waals surface area contributed by atoms with Gasteiger partial charge in [0.05, 0.1) is 26.6 Å². The Hall–Kier alpha value is -2.91. The van der Waals surface area contributed by atoms with Crippen molar-refractivity contribution in [2.75, 3.05) is 20.7 Å². The summed E-state index contributed by atoms with van der Waals surface area (Å²) in [5.74, 6) is -1.24. The number of carbonyl (C=O) groups excluding carboxylic acids is 2. The topological polar surface area (TPSA) is 158 Å². The number of sulfonamides is 2. The van der Waals surface area contributed by atoms with Crippen LogP contribution in [0.5, 0.6) is 0 Å². The molecule has 11 nitrogen and oxygen atoms in total. The Kier molecular flexibility index (Phi) is 7.38. The van der Waals surface area contributed by atoms with Crippen molar-refractivity contribution in [1.29, 1.82) is 0 Å². The van der Waals surface area contributed by atoms with E-state index in [2.05, 4.69) is 4.99 Å². The number of hydrogen-bond donors (Lipinski definition) is 1. The highest BCUT2D eigenvalue weighted by Gasteiger charge is 2.19. The zero-order valence-electron chi connectivity index (χ0n) is 18.5. The number of rotatable bonds is 7. The van der Waals surface area contributed by atoms with Crippen LogP contribution in [-0.4, -0.2) is 58.3 Å². The fraction of sp³-hybridized carbons (Fsp3) is 0.250. The molecule has 2 N–H and O–H groups in total. The largest absolute Gasteiger partial charge is 0.465 e. The Labute approximate surface area is 200 Å². The molecule has 0 saturated carbocycles. The van der Waals surface area contributed by atoms with Crippen LogP contribution < -0.4 is 9.94 Å². The minimum absolute atomic E-state index is 0.0174. The van der Waals surface area contributed by atoms with Gasteiger partial charge in [0.25, 0.3) is 5.91 Å². The van der Waals surface area contributed by atoms with Crippen LogP contribution in [0.25, 0.3) is 10.2 Å². The van der Waals surface area contributed by atoms with Crippen molar-refractivity contribution in [3.63, 3.8) is 0 Å². The lowest BCUT2D eigenvalue weighted by atomic mass is 10.2. The molecule has 0 spiro atoms. The first-order chi connectivity index (χ1) is 15.8. The standard InChI is InChI=1S/C20H22N4O7S3/c1-4-31-18(25)12-24-16-10-9-15(33(21,27)28)11-17(16)32-20(24)22-19(26)13-5-7-14(8-6-13)34(29,30)23(2)3/h5-11H,4,12H2,1-3H3,(H2,21,27,28). The van der Waals surface area contributed by atoms with E-state index in [9.17, 15) is 26.4 Å². The maximum atomic E-state index is 12.8. The van der Waals surface area contributed by atoms with Gasteiger partial charge in [0.1, 0.15) is 6.54 Å². The number of esters is 1. The van der Waals surface area contributed by atoms with E-state index in [1.54, 1.807) is 6.92 Å². The monoisotopic (exact) mass is 526 g/mol. The number of primary sulfonamides is 1. The number of benzene rings is 2. The quantitative estimate of drug-likeness (QED) is 0.448.